The lowest BCUT2D eigenvalue weighted by Crippen LogP contribution is -2.03. The van der Waals surface area contributed by atoms with Crippen molar-refractivity contribution in [3.8, 4) is 0 Å². The summed E-state index contributed by atoms with van der Waals surface area (Å²) in [5.74, 6) is -0.335. The van der Waals surface area contributed by atoms with E-state index in [0.717, 1.165) is 11.4 Å². The Bertz CT molecular complexity index is 315. The average molecular weight is 194 g/mol. The fraction of sp³-hybridized carbons (Fsp3) is 0.300. The van der Waals surface area contributed by atoms with Gasteiger partial charge in [0.25, 0.3) is 0 Å². The monoisotopic (exact) mass is 194 g/mol. The molecule has 0 atom stereocenters. The third-order valence-electron chi connectivity index (χ3n) is 1.93. The molecule has 1 rings (SSSR count). The van der Waals surface area contributed by atoms with Gasteiger partial charge in [0.1, 0.15) is 0 Å². The molecular weight excluding hydrogens is 180 g/mol. The van der Waals surface area contributed by atoms with Crippen LogP contribution in [0.25, 0.3) is 0 Å². The molecular formula is C10H14N2O2. The maximum absolute atomic E-state index is 11.3. The van der Waals surface area contributed by atoms with Gasteiger partial charge < -0.3 is 15.4 Å². The van der Waals surface area contributed by atoms with E-state index in [0.29, 0.717) is 5.56 Å². The van der Waals surface area contributed by atoms with Crippen LogP contribution in [0.5, 0.6) is 0 Å². The molecule has 76 valence electrons. The summed E-state index contributed by atoms with van der Waals surface area (Å²) in [6.45, 7) is 0. The summed E-state index contributed by atoms with van der Waals surface area (Å²) in [4.78, 5) is 11.3. The van der Waals surface area contributed by atoms with E-state index in [9.17, 15) is 4.79 Å². The molecule has 1 aromatic carbocycles. The van der Waals surface area contributed by atoms with Gasteiger partial charge in [0, 0.05) is 25.5 Å². The number of rotatable bonds is 3. The Balaban J connectivity index is 3.10. The van der Waals surface area contributed by atoms with Gasteiger partial charge in [-0.05, 0) is 18.2 Å². The van der Waals surface area contributed by atoms with Gasteiger partial charge in [-0.2, -0.15) is 0 Å². The minimum atomic E-state index is -0.335. The normalized spacial score (nSPS) is 9.36. The minimum absolute atomic E-state index is 0.335. The van der Waals surface area contributed by atoms with Gasteiger partial charge in [-0.25, -0.2) is 4.79 Å². The van der Waals surface area contributed by atoms with Crippen molar-refractivity contribution in [2.45, 2.75) is 0 Å². The Morgan fingerprint density at radius 1 is 1.14 bits per heavy atom. The molecule has 0 unspecified atom stereocenters. The lowest BCUT2D eigenvalue weighted by Gasteiger charge is -2.07. The third-order valence-corrected chi connectivity index (χ3v) is 1.93. The molecule has 0 radical (unpaired) electrons. The molecule has 0 bridgehead atoms. The molecule has 0 amide bonds. The SMILES string of the molecule is CNc1cc(NC)cc(C(=O)OC)c1. The van der Waals surface area contributed by atoms with Crippen LogP contribution in [0.1, 0.15) is 10.4 Å². The number of carbonyl (C=O) groups is 1. The molecule has 2 N–H and O–H groups in total. The second-order valence-corrected chi connectivity index (χ2v) is 2.79. The number of hydrogen-bond acceptors (Lipinski definition) is 4. The summed E-state index contributed by atoms with van der Waals surface area (Å²) in [7, 11) is 4.97. The predicted octanol–water partition coefficient (Wildman–Crippen LogP) is 1.56. The highest BCUT2D eigenvalue weighted by atomic mass is 16.5. The van der Waals surface area contributed by atoms with Crippen LogP contribution in [0.2, 0.25) is 0 Å². The van der Waals surface area contributed by atoms with Crippen LogP contribution in [-0.2, 0) is 4.74 Å². The first-order valence-corrected chi connectivity index (χ1v) is 4.30. The molecule has 0 heterocycles. The van der Waals surface area contributed by atoms with Crippen molar-refractivity contribution in [2.75, 3.05) is 31.8 Å². The molecule has 14 heavy (non-hydrogen) atoms. The highest BCUT2D eigenvalue weighted by Gasteiger charge is 2.07. The Kier molecular flexibility index (Phi) is 3.34. The fourth-order valence-electron chi connectivity index (χ4n) is 1.15. The summed E-state index contributed by atoms with van der Waals surface area (Å²) in [5.41, 5.74) is 2.28. The Hall–Kier alpha value is -1.71. The largest absolute Gasteiger partial charge is 0.465 e. The third kappa shape index (κ3) is 2.16. The summed E-state index contributed by atoms with van der Waals surface area (Å²) in [6, 6.07) is 5.39. The number of nitrogens with one attached hydrogen (secondary N) is 2. The van der Waals surface area contributed by atoms with Crippen LogP contribution in [0, 0.1) is 0 Å². The number of hydrogen-bond donors (Lipinski definition) is 2. The second-order valence-electron chi connectivity index (χ2n) is 2.79. The Morgan fingerprint density at radius 3 is 2.00 bits per heavy atom. The number of carbonyl (C=O) groups excluding carboxylic acids is 1. The Morgan fingerprint density at radius 2 is 1.64 bits per heavy atom. The molecule has 0 spiro atoms. The van der Waals surface area contributed by atoms with E-state index < -0.39 is 0 Å². The number of anilines is 2. The highest BCUT2D eigenvalue weighted by molar-refractivity contribution is 5.92. The van der Waals surface area contributed by atoms with E-state index in [1.807, 2.05) is 6.07 Å². The van der Waals surface area contributed by atoms with Crippen molar-refractivity contribution < 1.29 is 9.53 Å². The van der Waals surface area contributed by atoms with Gasteiger partial charge in [0.15, 0.2) is 0 Å². The molecule has 0 aliphatic rings. The van der Waals surface area contributed by atoms with Crippen molar-refractivity contribution in [1.82, 2.24) is 0 Å². The van der Waals surface area contributed by atoms with Crippen LogP contribution in [0.4, 0.5) is 11.4 Å². The molecule has 0 aliphatic carbocycles. The second kappa shape index (κ2) is 4.50. The van der Waals surface area contributed by atoms with Gasteiger partial charge >= 0.3 is 5.97 Å². The van der Waals surface area contributed by atoms with Crippen LogP contribution in [0.3, 0.4) is 0 Å². The van der Waals surface area contributed by atoms with Crippen molar-refractivity contribution in [3.63, 3.8) is 0 Å². The molecule has 0 saturated carbocycles. The van der Waals surface area contributed by atoms with Gasteiger partial charge in [0.2, 0.25) is 0 Å². The van der Waals surface area contributed by atoms with Crippen LogP contribution in [-0.4, -0.2) is 27.2 Å². The van der Waals surface area contributed by atoms with E-state index >= 15 is 0 Å². The van der Waals surface area contributed by atoms with E-state index in [1.54, 1.807) is 26.2 Å². The predicted molar refractivity (Wildman–Crippen MR) is 56.9 cm³/mol. The maximum Gasteiger partial charge on any atom is 0.337 e. The van der Waals surface area contributed by atoms with E-state index in [-0.39, 0.29) is 5.97 Å². The standard InChI is InChI=1S/C10H14N2O2/c1-11-8-4-7(10(13)14-3)5-9(6-8)12-2/h4-6,11-12H,1-3H3. The molecule has 0 aliphatic heterocycles. The zero-order valence-electron chi connectivity index (χ0n) is 8.55. The topological polar surface area (TPSA) is 50.4 Å². The highest BCUT2D eigenvalue weighted by Crippen LogP contribution is 2.18. The quantitative estimate of drug-likeness (QED) is 0.717. The smallest absolute Gasteiger partial charge is 0.337 e. The summed E-state index contributed by atoms with van der Waals surface area (Å²) >= 11 is 0. The Labute approximate surface area is 83.3 Å². The number of methoxy groups -OCH3 is 1. The van der Waals surface area contributed by atoms with Crippen molar-refractivity contribution >= 4 is 17.3 Å². The summed E-state index contributed by atoms with van der Waals surface area (Å²) < 4.78 is 4.64. The van der Waals surface area contributed by atoms with E-state index in [1.165, 1.54) is 7.11 Å². The van der Waals surface area contributed by atoms with Crippen LogP contribution in [0.15, 0.2) is 18.2 Å². The lowest BCUT2D eigenvalue weighted by molar-refractivity contribution is 0.0601. The average Bonchev–Trinajstić information content (AvgIpc) is 2.27. The first-order chi connectivity index (χ1) is 6.71. The maximum atomic E-state index is 11.3. The van der Waals surface area contributed by atoms with Crippen LogP contribution < -0.4 is 10.6 Å². The first kappa shape index (κ1) is 10.4. The van der Waals surface area contributed by atoms with E-state index in [2.05, 4.69) is 15.4 Å². The van der Waals surface area contributed by atoms with Gasteiger partial charge in [-0.1, -0.05) is 0 Å². The zero-order chi connectivity index (χ0) is 10.6. The number of benzene rings is 1. The molecule has 4 nitrogen and oxygen atoms in total. The molecule has 4 heteroatoms. The molecule has 0 saturated heterocycles. The zero-order valence-corrected chi connectivity index (χ0v) is 8.55. The van der Waals surface area contributed by atoms with Gasteiger partial charge in [0.05, 0.1) is 12.7 Å². The van der Waals surface area contributed by atoms with Crippen molar-refractivity contribution in [3.05, 3.63) is 23.8 Å². The van der Waals surface area contributed by atoms with Crippen molar-refractivity contribution in [1.29, 1.82) is 0 Å². The first-order valence-electron chi connectivity index (χ1n) is 4.30. The number of esters is 1. The van der Waals surface area contributed by atoms with Crippen LogP contribution >= 0.6 is 0 Å². The lowest BCUT2D eigenvalue weighted by atomic mass is 10.1. The van der Waals surface area contributed by atoms with Crippen molar-refractivity contribution in [2.24, 2.45) is 0 Å². The number of ether oxygens (including phenoxy) is 1. The fourth-order valence-corrected chi connectivity index (χ4v) is 1.15. The van der Waals surface area contributed by atoms with Gasteiger partial charge in [-0.15, -0.1) is 0 Å². The van der Waals surface area contributed by atoms with Gasteiger partial charge in [-0.3, -0.25) is 0 Å². The minimum Gasteiger partial charge on any atom is -0.465 e. The molecule has 0 fully saturated rings. The molecule has 0 aromatic heterocycles. The van der Waals surface area contributed by atoms with E-state index in [4.69, 9.17) is 0 Å². The summed E-state index contributed by atoms with van der Waals surface area (Å²) in [5, 5.41) is 5.95. The summed E-state index contributed by atoms with van der Waals surface area (Å²) in [6.07, 6.45) is 0. The molecule has 1 aromatic rings.